The third kappa shape index (κ3) is 3.27. The summed E-state index contributed by atoms with van der Waals surface area (Å²) < 4.78 is 4.85. The predicted molar refractivity (Wildman–Crippen MR) is 73.9 cm³/mol. The first-order chi connectivity index (χ1) is 9.72. The zero-order valence-corrected chi connectivity index (χ0v) is 11.0. The summed E-state index contributed by atoms with van der Waals surface area (Å²) in [4.78, 5) is 24.2. The van der Waals surface area contributed by atoms with E-state index in [-0.39, 0.29) is 17.3 Å². The first kappa shape index (κ1) is 13.9. The second-order valence-corrected chi connectivity index (χ2v) is 3.96. The normalized spacial score (nSPS) is 10.2. The van der Waals surface area contributed by atoms with E-state index in [9.17, 15) is 4.79 Å². The van der Waals surface area contributed by atoms with Crippen LogP contribution < -0.4 is 11.1 Å². The van der Waals surface area contributed by atoms with E-state index in [1.807, 2.05) is 6.07 Å². The van der Waals surface area contributed by atoms with E-state index in [1.54, 1.807) is 25.4 Å². The Balaban J connectivity index is 2.16. The highest BCUT2D eigenvalue weighted by molar-refractivity contribution is 5.98. The first-order valence-corrected chi connectivity index (χ1v) is 6.03. The van der Waals surface area contributed by atoms with Crippen LogP contribution in [0.2, 0.25) is 0 Å². The Morgan fingerprint density at radius 3 is 2.90 bits per heavy atom. The van der Waals surface area contributed by atoms with Crippen molar-refractivity contribution in [1.82, 2.24) is 20.3 Å². The largest absolute Gasteiger partial charge is 0.383 e. The number of anilines is 1. The number of hydrogen-bond acceptors (Lipinski definition) is 6. The second kappa shape index (κ2) is 6.58. The van der Waals surface area contributed by atoms with Crippen molar-refractivity contribution < 1.29 is 9.53 Å². The number of carbonyl (C=O) groups is 1. The molecule has 3 N–H and O–H groups in total. The first-order valence-electron chi connectivity index (χ1n) is 6.03. The topological polar surface area (TPSA) is 103 Å². The zero-order chi connectivity index (χ0) is 14.4. The van der Waals surface area contributed by atoms with Crippen LogP contribution in [-0.2, 0) is 4.74 Å². The number of aromatic nitrogens is 3. The van der Waals surface area contributed by atoms with E-state index in [4.69, 9.17) is 10.5 Å². The van der Waals surface area contributed by atoms with Crippen LogP contribution in [0.15, 0.2) is 30.6 Å². The molecule has 0 saturated carbocycles. The molecule has 20 heavy (non-hydrogen) atoms. The molecule has 0 fully saturated rings. The lowest BCUT2D eigenvalue weighted by Gasteiger charge is -2.07. The molecule has 2 aromatic rings. The van der Waals surface area contributed by atoms with Gasteiger partial charge >= 0.3 is 0 Å². The molecule has 0 bridgehead atoms. The van der Waals surface area contributed by atoms with Crippen LogP contribution in [0.3, 0.4) is 0 Å². The van der Waals surface area contributed by atoms with Crippen molar-refractivity contribution in [1.29, 1.82) is 0 Å². The number of hydrogen-bond donors (Lipinski definition) is 2. The lowest BCUT2D eigenvalue weighted by Crippen LogP contribution is -2.28. The fourth-order valence-corrected chi connectivity index (χ4v) is 1.55. The molecule has 0 aliphatic carbocycles. The third-order valence-corrected chi connectivity index (χ3v) is 2.55. The van der Waals surface area contributed by atoms with Crippen LogP contribution in [0.25, 0.3) is 11.5 Å². The fourth-order valence-electron chi connectivity index (χ4n) is 1.55. The minimum absolute atomic E-state index is 0.121. The van der Waals surface area contributed by atoms with Gasteiger partial charge in [0.15, 0.2) is 5.82 Å². The minimum Gasteiger partial charge on any atom is -0.383 e. The van der Waals surface area contributed by atoms with Gasteiger partial charge in [0.25, 0.3) is 5.91 Å². The van der Waals surface area contributed by atoms with Crippen molar-refractivity contribution in [3.63, 3.8) is 0 Å². The molecule has 0 atom stereocenters. The molecule has 0 radical (unpaired) electrons. The third-order valence-electron chi connectivity index (χ3n) is 2.55. The van der Waals surface area contributed by atoms with Crippen LogP contribution in [0.1, 0.15) is 10.4 Å². The molecule has 0 spiro atoms. The molecule has 0 aliphatic rings. The zero-order valence-electron chi connectivity index (χ0n) is 11.0. The summed E-state index contributed by atoms with van der Waals surface area (Å²) in [5.74, 6) is 0.180. The smallest absolute Gasteiger partial charge is 0.256 e. The SMILES string of the molecule is COCCNC(=O)c1cnc(-c2ccccn2)nc1N. The van der Waals surface area contributed by atoms with Gasteiger partial charge in [-0.25, -0.2) is 9.97 Å². The van der Waals surface area contributed by atoms with Crippen molar-refractivity contribution in [2.24, 2.45) is 0 Å². The number of nitrogens with two attached hydrogens (primary N) is 1. The van der Waals surface area contributed by atoms with Crippen molar-refractivity contribution in [3.8, 4) is 11.5 Å². The van der Waals surface area contributed by atoms with Gasteiger partial charge in [0, 0.05) is 26.0 Å². The standard InChI is InChI=1S/C13H15N5O2/c1-20-7-6-16-13(19)9-8-17-12(18-11(9)14)10-4-2-3-5-15-10/h2-5,8H,6-7H2,1H3,(H,16,19)(H2,14,17,18). The number of nitrogens with one attached hydrogen (secondary N) is 1. The van der Waals surface area contributed by atoms with Gasteiger partial charge in [0.05, 0.1) is 12.2 Å². The summed E-state index contributed by atoms with van der Waals surface area (Å²) >= 11 is 0. The average Bonchev–Trinajstić information content (AvgIpc) is 2.48. The van der Waals surface area contributed by atoms with E-state index in [0.29, 0.717) is 24.7 Å². The number of methoxy groups -OCH3 is 1. The van der Waals surface area contributed by atoms with E-state index in [1.165, 1.54) is 6.20 Å². The quantitative estimate of drug-likeness (QED) is 0.769. The van der Waals surface area contributed by atoms with Gasteiger partial charge in [-0.2, -0.15) is 0 Å². The van der Waals surface area contributed by atoms with Gasteiger partial charge in [-0.1, -0.05) is 6.07 Å². The van der Waals surface area contributed by atoms with E-state index in [0.717, 1.165) is 0 Å². The number of carbonyl (C=O) groups excluding carboxylic acids is 1. The van der Waals surface area contributed by atoms with Gasteiger partial charge in [0.2, 0.25) is 0 Å². The van der Waals surface area contributed by atoms with E-state index < -0.39 is 0 Å². The monoisotopic (exact) mass is 273 g/mol. The van der Waals surface area contributed by atoms with Crippen LogP contribution in [-0.4, -0.2) is 41.1 Å². The van der Waals surface area contributed by atoms with Crippen LogP contribution in [0.4, 0.5) is 5.82 Å². The minimum atomic E-state index is -0.327. The number of amides is 1. The summed E-state index contributed by atoms with van der Waals surface area (Å²) in [5, 5.41) is 2.66. The lowest BCUT2D eigenvalue weighted by atomic mass is 10.2. The average molecular weight is 273 g/mol. The molecule has 0 saturated heterocycles. The highest BCUT2D eigenvalue weighted by Gasteiger charge is 2.13. The van der Waals surface area contributed by atoms with Gasteiger partial charge in [0.1, 0.15) is 11.5 Å². The Labute approximate surface area is 116 Å². The van der Waals surface area contributed by atoms with Gasteiger partial charge < -0.3 is 15.8 Å². The number of rotatable bonds is 5. The molecule has 104 valence electrons. The highest BCUT2D eigenvalue weighted by atomic mass is 16.5. The number of pyridine rings is 1. The summed E-state index contributed by atoms with van der Waals surface area (Å²) in [7, 11) is 1.56. The van der Waals surface area contributed by atoms with Crippen LogP contribution in [0, 0.1) is 0 Å². The molecule has 0 unspecified atom stereocenters. The Bertz CT molecular complexity index is 589. The van der Waals surface area contributed by atoms with Crippen molar-refractivity contribution >= 4 is 11.7 Å². The molecule has 7 nitrogen and oxygen atoms in total. The number of nitrogen functional groups attached to an aromatic ring is 1. The number of nitrogens with zero attached hydrogens (tertiary/aromatic N) is 3. The van der Waals surface area contributed by atoms with Gasteiger partial charge in [-0.3, -0.25) is 9.78 Å². The lowest BCUT2D eigenvalue weighted by molar-refractivity contribution is 0.0937. The Kier molecular flexibility index (Phi) is 4.56. The van der Waals surface area contributed by atoms with E-state index >= 15 is 0 Å². The Morgan fingerprint density at radius 1 is 1.40 bits per heavy atom. The van der Waals surface area contributed by atoms with Gasteiger partial charge in [-0.05, 0) is 12.1 Å². The maximum absolute atomic E-state index is 11.8. The molecule has 2 aromatic heterocycles. The van der Waals surface area contributed by atoms with Gasteiger partial charge in [-0.15, -0.1) is 0 Å². The second-order valence-electron chi connectivity index (χ2n) is 3.96. The van der Waals surface area contributed by atoms with Crippen molar-refractivity contribution in [3.05, 3.63) is 36.2 Å². The predicted octanol–water partition coefficient (Wildman–Crippen LogP) is 0.497. The summed E-state index contributed by atoms with van der Waals surface area (Å²) in [6.07, 6.45) is 3.04. The molecular formula is C13H15N5O2. The van der Waals surface area contributed by atoms with Crippen molar-refractivity contribution in [2.45, 2.75) is 0 Å². The molecule has 7 heteroatoms. The maximum atomic E-state index is 11.8. The van der Waals surface area contributed by atoms with Crippen LogP contribution in [0.5, 0.6) is 0 Å². The summed E-state index contributed by atoms with van der Waals surface area (Å²) in [6, 6.07) is 5.39. The highest BCUT2D eigenvalue weighted by Crippen LogP contribution is 2.14. The summed E-state index contributed by atoms with van der Waals surface area (Å²) in [5.41, 5.74) is 6.63. The molecular weight excluding hydrogens is 258 g/mol. The number of ether oxygens (including phenoxy) is 1. The Hall–Kier alpha value is -2.54. The maximum Gasteiger partial charge on any atom is 0.256 e. The van der Waals surface area contributed by atoms with Crippen LogP contribution >= 0.6 is 0 Å². The molecule has 1 amide bonds. The van der Waals surface area contributed by atoms with E-state index in [2.05, 4.69) is 20.3 Å². The molecule has 2 heterocycles. The summed E-state index contributed by atoms with van der Waals surface area (Å²) in [6.45, 7) is 0.829. The van der Waals surface area contributed by atoms with Crippen molar-refractivity contribution in [2.75, 3.05) is 26.0 Å². The molecule has 2 rings (SSSR count). The Morgan fingerprint density at radius 2 is 2.25 bits per heavy atom. The molecule has 0 aromatic carbocycles. The fraction of sp³-hybridized carbons (Fsp3) is 0.231. The molecule has 0 aliphatic heterocycles.